The summed E-state index contributed by atoms with van der Waals surface area (Å²) < 4.78 is 2.17. The van der Waals surface area contributed by atoms with Crippen LogP contribution >= 0.6 is 11.5 Å². The summed E-state index contributed by atoms with van der Waals surface area (Å²) in [4.78, 5) is 5.99. The fourth-order valence-electron chi connectivity index (χ4n) is 1.38. The second kappa shape index (κ2) is 3.39. The molecule has 0 radical (unpaired) electrons. The molecule has 76 valence electrons. The molecular weight excluding hydrogens is 192 g/mol. The van der Waals surface area contributed by atoms with Crippen molar-refractivity contribution in [3.8, 4) is 0 Å². The van der Waals surface area contributed by atoms with E-state index in [1.165, 1.54) is 10.6 Å². The number of imidazole rings is 1. The van der Waals surface area contributed by atoms with E-state index in [1.807, 2.05) is 0 Å². The molecular formula is C11H16N2S. The van der Waals surface area contributed by atoms with Crippen molar-refractivity contribution in [3.63, 3.8) is 0 Å². The van der Waals surface area contributed by atoms with Gasteiger partial charge in [0.15, 0.2) is 0 Å². The maximum Gasteiger partial charge on any atom is 0.147 e. The molecule has 0 amide bonds. The highest BCUT2D eigenvalue weighted by Crippen LogP contribution is 2.25. The van der Waals surface area contributed by atoms with Gasteiger partial charge in [0.25, 0.3) is 0 Å². The number of nitrogens with zero attached hydrogens (tertiary/aromatic N) is 2. The molecule has 14 heavy (non-hydrogen) atoms. The molecule has 0 unspecified atom stereocenters. The molecule has 0 spiro atoms. The topological polar surface area (TPSA) is 17.3 Å². The first-order valence-corrected chi connectivity index (χ1v) is 5.84. The molecule has 0 fully saturated rings. The summed E-state index contributed by atoms with van der Waals surface area (Å²) in [5, 5.41) is 0. The summed E-state index contributed by atoms with van der Waals surface area (Å²) in [5.41, 5.74) is 2.29. The van der Waals surface area contributed by atoms with E-state index in [0.29, 0.717) is 11.8 Å². The van der Waals surface area contributed by atoms with E-state index in [2.05, 4.69) is 48.7 Å². The molecule has 2 aromatic rings. The van der Waals surface area contributed by atoms with Crippen molar-refractivity contribution >= 4 is 17.2 Å². The normalized spacial score (nSPS) is 12.1. The van der Waals surface area contributed by atoms with Gasteiger partial charge in [-0.3, -0.25) is 3.79 Å². The molecule has 0 saturated heterocycles. The van der Waals surface area contributed by atoms with E-state index < -0.39 is 0 Å². The fourth-order valence-corrected chi connectivity index (χ4v) is 2.33. The lowest BCUT2D eigenvalue weighted by molar-refractivity contribution is 0.834. The monoisotopic (exact) mass is 208 g/mol. The third kappa shape index (κ3) is 1.57. The van der Waals surface area contributed by atoms with Gasteiger partial charge in [-0.2, -0.15) is 0 Å². The summed E-state index contributed by atoms with van der Waals surface area (Å²) in [5.74, 6) is 1.12. The van der Waals surface area contributed by atoms with Crippen LogP contribution in [0.25, 0.3) is 5.65 Å². The summed E-state index contributed by atoms with van der Waals surface area (Å²) in [7, 11) is 0. The average molecular weight is 208 g/mol. The summed E-state index contributed by atoms with van der Waals surface area (Å²) >= 11 is 1.80. The maximum absolute atomic E-state index is 4.59. The van der Waals surface area contributed by atoms with Crippen LogP contribution in [0.5, 0.6) is 0 Å². The Kier molecular flexibility index (Phi) is 2.35. The van der Waals surface area contributed by atoms with Crippen LogP contribution in [0.4, 0.5) is 0 Å². The molecule has 0 aliphatic carbocycles. The van der Waals surface area contributed by atoms with Crippen LogP contribution in [0.2, 0.25) is 0 Å². The van der Waals surface area contributed by atoms with Crippen molar-refractivity contribution in [1.29, 1.82) is 0 Å². The first-order chi connectivity index (χ1) is 6.58. The molecule has 0 aliphatic rings. The average Bonchev–Trinajstić information content (AvgIpc) is 2.57. The second-order valence-corrected chi connectivity index (χ2v) is 5.34. The zero-order valence-electron chi connectivity index (χ0n) is 9.11. The molecule has 0 saturated carbocycles. The van der Waals surface area contributed by atoms with Crippen molar-refractivity contribution in [3.05, 3.63) is 22.8 Å². The fraction of sp³-hybridized carbons (Fsp3) is 0.545. The Balaban J connectivity index is 2.45. The lowest BCUT2D eigenvalue weighted by Gasteiger charge is -1.97. The minimum absolute atomic E-state index is 0.518. The van der Waals surface area contributed by atoms with Gasteiger partial charge in [-0.1, -0.05) is 39.2 Å². The number of aromatic nitrogens is 2. The highest BCUT2D eigenvalue weighted by molar-refractivity contribution is 7.06. The Morgan fingerprint density at radius 2 is 1.93 bits per heavy atom. The third-order valence-electron chi connectivity index (χ3n) is 2.35. The Bertz CT molecular complexity index is 368. The largest absolute Gasteiger partial charge is 0.255 e. The van der Waals surface area contributed by atoms with Crippen LogP contribution in [-0.2, 0) is 0 Å². The molecule has 0 N–H and O–H groups in total. The lowest BCUT2D eigenvalue weighted by atomic mass is 10.2. The van der Waals surface area contributed by atoms with E-state index in [0.717, 1.165) is 5.65 Å². The van der Waals surface area contributed by atoms with Gasteiger partial charge in [0.05, 0.1) is 5.69 Å². The molecule has 0 aliphatic heterocycles. The molecule has 2 heterocycles. The van der Waals surface area contributed by atoms with Crippen LogP contribution in [-0.4, -0.2) is 8.77 Å². The van der Waals surface area contributed by atoms with Crippen molar-refractivity contribution in [1.82, 2.24) is 8.77 Å². The van der Waals surface area contributed by atoms with Crippen molar-refractivity contribution in [2.45, 2.75) is 39.5 Å². The van der Waals surface area contributed by atoms with Crippen molar-refractivity contribution in [2.75, 3.05) is 0 Å². The Labute approximate surface area is 88.7 Å². The predicted octanol–water partition coefficient (Wildman–Crippen LogP) is 3.64. The van der Waals surface area contributed by atoms with Gasteiger partial charge >= 0.3 is 0 Å². The van der Waals surface area contributed by atoms with Gasteiger partial charge in [-0.25, -0.2) is 4.98 Å². The van der Waals surface area contributed by atoms with Gasteiger partial charge in [0.2, 0.25) is 0 Å². The molecule has 2 aromatic heterocycles. The van der Waals surface area contributed by atoms with Gasteiger partial charge in [-0.05, 0) is 17.9 Å². The smallest absolute Gasteiger partial charge is 0.147 e. The molecule has 0 aromatic carbocycles. The predicted molar refractivity (Wildman–Crippen MR) is 61.2 cm³/mol. The van der Waals surface area contributed by atoms with Crippen molar-refractivity contribution in [2.24, 2.45) is 0 Å². The van der Waals surface area contributed by atoms with Crippen molar-refractivity contribution < 1.29 is 0 Å². The SMILES string of the molecule is CC(C)c1cn2sc(C(C)C)cc2n1. The number of fused-ring (bicyclic) bond motifs is 1. The lowest BCUT2D eigenvalue weighted by Crippen LogP contribution is -1.85. The van der Waals surface area contributed by atoms with Crippen LogP contribution < -0.4 is 0 Å². The van der Waals surface area contributed by atoms with Gasteiger partial charge in [-0.15, -0.1) is 0 Å². The van der Waals surface area contributed by atoms with Crippen LogP contribution in [0.15, 0.2) is 12.3 Å². The van der Waals surface area contributed by atoms with E-state index in [-0.39, 0.29) is 0 Å². The number of hydrogen-bond acceptors (Lipinski definition) is 2. The first kappa shape index (κ1) is 9.71. The maximum atomic E-state index is 4.59. The van der Waals surface area contributed by atoms with Gasteiger partial charge < -0.3 is 0 Å². The van der Waals surface area contributed by atoms with E-state index in [9.17, 15) is 0 Å². The number of hydrogen-bond donors (Lipinski definition) is 0. The summed E-state index contributed by atoms with van der Waals surface area (Å²) in [6.45, 7) is 8.79. The second-order valence-electron chi connectivity index (χ2n) is 4.30. The standard InChI is InChI=1S/C11H16N2S/c1-7(2)9-6-13-11(12-9)5-10(14-13)8(3)4/h5-8H,1-4H3. The molecule has 2 nitrogen and oxygen atoms in total. The zero-order valence-corrected chi connectivity index (χ0v) is 9.93. The van der Waals surface area contributed by atoms with Gasteiger partial charge in [0, 0.05) is 11.1 Å². The molecule has 0 atom stereocenters. The first-order valence-electron chi connectivity index (χ1n) is 5.07. The van der Waals surface area contributed by atoms with E-state index in [4.69, 9.17) is 0 Å². The highest BCUT2D eigenvalue weighted by Gasteiger charge is 2.10. The Morgan fingerprint density at radius 1 is 1.21 bits per heavy atom. The highest BCUT2D eigenvalue weighted by atomic mass is 32.1. The third-order valence-corrected chi connectivity index (χ3v) is 3.64. The molecule has 0 bridgehead atoms. The van der Waals surface area contributed by atoms with E-state index in [1.54, 1.807) is 11.5 Å². The van der Waals surface area contributed by atoms with Crippen LogP contribution in [0.1, 0.15) is 50.1 Å². The van der Waals surface area contributed by atoms with Crippen LogP contribution in [0, 0.1) is 0 Å². The van der Waals surface area contributed by atoms with E-state index >= 15 is 0 Å². The summed E-state index contributed by atoms with van der Waals surface area (Å²) in [6, 6.07) is 2.20. The zero-order chi connectivity index (χ0) is 10.3. The van der Waals surface area contributed by atoms with Crippen LogP contribution in [0.3, 0.4) is 0 Å². The number of rotatable bonds is 2. The molecule has 3 heteroatoms. The Hall–Kier alpha value is -0.830. The Morgan fingerprint density at radius 3 is 2.43 bits per heavy atom. The molecule has 2 rings (SSSR count). The quantitative estimate of drug-likeness (QED) is 0.736. The summed E-state index contributed by atoms with van der Waals surface area (Å²) in [6.07, 6.45) is 2.15. The minimum atomic E-state index is 0.518. The van der Waals surface area contributed by atoms with Gasteiger partial charge in [0.1, 0.15) is 5.65 Å². The minimum Gasteiger partial charge on any atom is -0.255 e.